The van der Waals surface area contributed by atoms with Crippen molar-refractivity contribution in [3.8, 4) is 0 Å². The van der Waals surface area contributed by atoms with Gasteiger partial charge in [0.05, 0.1) is 8.07 Å². The van der Waals surface area contributed by atoms with E-state index in [-0.39, 0.29) is 0 Å². The lowest BCUT2D eigenvalue weighted by atomic mass is 10.4. The van der Waals surface area contributed by atoms with Crippen LogP contribution in [0.15, 0.2) is 0 Å². The standard InChI is InChI=1S/C10H26O3S2Si2/c1-11-17(12-2,13-3)15-10(8-7-9-14)16(4,5)6/h10,14H,7-9H2,1-6H3. The monoisotopic (exact) mass is 314 g/mol. The Morgan fingerprint density at radius 1 is 1.06 bits per heavy atom. The second kappa shape index (κ2) is 8.24. The van der Waals surface area contributed by atoms with Crippen molar-refractivity contribution < 1.29 is 13.3 Å². The van der Waals surface area contributed by atoms with Gasteiger partial charge in [-0.25, -0.2) is 0 Å². The molecule has 0 heterocycles. The maximum Gasteiger partial charge on any atom is 0.572 e. The molecule has 0 fully saturated rings. The fraction of sp³-hybridized carbons (Fsp3) is 1.00. The zero-order chi connectivity index (χ0) is 13.5. The quantitative estimate of drug-likeness (QED) is 0.523. The fourth-order valence-electron chi connectivity index (χ4n) is 1.51. The Bertz CT molecular complexity index is 200. The first kappa shape index (κ1) is 18.0. The summed E-state index contributed by atoms with van der Waals surface area (Å²) in [5, 5.41) is 0. The molecule has 0 saturated heterocycles. The largest absolute Gasteiger partial charge is 0.572 e. The average molecular weight is 315 g/mol. The number of hydrogen-bond acceptors (Lipinski definition) is 5. The van der Waals surface area contributed by atoms with Gasteiger partial charge in [-0.3, -0.25) is 0 Å². The molecule has 1 atom stereocenters. The second-order valence-electron chi connectivity index (χ2n) is 4.95. The summed E-state index contributed by atoms with van der Waals surface area (Å²) in [6, 6.07) is 0. The van der Waals surface area contributed by atoms with Crippen LogP contribution >= 0.6 is 23.8 Å². The Morgan fingerprint density at radius 3 is 1.82 bits per heavy atom. The summed E-state index contributed by atoms with van der Waals surface area (Å²) >= 11 is 6.08. The van der Waals surface area contributed by atoms with Crippen LogP contribution in [-0.2, 0) is 13.3 Å². The fourth-order valence-corrected chi connectivity index (χ4v) is 12.3. The van der Waals surface area contributed by atoms with Crippen molar-refractivity contribution in [3.05, 3.63) is 0 Å². The van der Waals surface area contributed by atoms with Crippen molar-refractivity contribution in [3.63, 3.8) is 0 Å². The zero-order valence-electron chi connectivity index (χ0n) is 11.8. The molecule has 0 saturated carbocycles. The zero-order valence-corrected chi connectivity index (χ0v) is 15.5. The predicted octanol–water partition coefficient (Wildman–Crippen LogP) is 3.05. The summed E-state index contributed by atoms with van der Waals surface area (Å²) < 4.78 is 16.5. The van der Waals surface area contributed by atoms with Gasteiger partial charge in [-0.2, -0.15) is 12.6 Å². The summed E-state index contributed by atoms with van der Waals surface area (Å²) in [5.41, 5.74) is 0. The molecule has 0 radical (unpaired) electrons. The second-order valence-corrected chi connectivity index (χ2v) is 16.5. The van der Waals surface area contributed by atoms with Gasteiger partial charge in [0.2, 0.25) is 0 Å². The highest BCUT2D eigenvalue weighted by molar-refractivity contribution is 8.28. The van der Waals surface area contributed by atoms with Crippen LogP contribution in [0, 0.1) is 0 Å². The highest BCUT2D eigenvalue weighted by atomic mass is 32.4. The van der Waals surface area contributed by atoms with E-state index in [0.717, 1.165) is 18.6 Å². The lowest BCUT2D eigenvalue weighted by Gasteiger charge is -2.34. The lowest BCUT2D eigenvalue weighted by Crippen LogP contribution is -2.47. The van der Waals surface area contributed by atoms with Gasteiger partial charge in [0, 0.05) is 26.2 Å². The molecule has 0 amide bonds. The van der Waals surface area contributed by atoms with E-state index in [0.29, 0.717) is 4.87 Å². The van der Waals surface area contributed by atoms with Gasteiger partial charge in [-0.05, 0) is 18.6 Å². The van der Waals surface area contributed by atoms with Crippen molar-refractivity contribution in [1.29, 1.82) is 0 Å². The predicted molar refractivity (Wildman–Crippen MR) is 84.6 cm³/mol. The topological polar surface area (TPSA) is 27.7 Å². The number of hydrogen-bond donors (Lipinski definition) is 1. The van der Waals surface area contributed by atoms with Gasteiger partial charge in [0.15, 0.2) is 0 Å². The highest BCUT2D eigenvalue weighted by Crippen LogP contribution is 2.35. The minimum Gasteiger partial charge on any atom is -0.369 e. The third-order valence-electron chi connectivity index (χ3n) is 2.63. The van der Waals surface area contributed by atoms with Crippen molar-refractivity contribution in [2.24, 2.45) is 0 Å². The minimum absolute atomic E-state index is 0.584. The van der Waals surface area contributed by atoms with Crippen LogP contribution in [0.5, 0.6) is 0 Å². The molecule has 3 nitrogen and oxygen atoms in total. The van der Waals surface area contributed by atoms with Crippen LogP contribution in [0.3, 0.4) is 0 Å². The average Bonchev–Trinajstić information content (AvgIpc) is 2.29. The van der Waals surface area contributed by atoms with Crippen LogP contribution in [0.2, 0.25) is 19.6 Å². The molecule has 0 aliphatic heterocycles. The summed E-state index contributed by atoms with van der Waals surface area (Å²) in [4.78, 5) is 0.584. The molecule has 0 N–H and O–H groups in total. The Morgan fingerprint density at radius 2 is 1.53 bits per heavy atom. The van der Waals surface area contributed by atoms with Crippen LogP contribution in [0.1, 0.15) is 12.8 Å². The van der Waals surface area contributed by atoms with Crippen molar-refractivity contribution in [2.75, 3.05) is 27.1 Å². The van der Waals surface area contributed by atoms with Crippen molar-refractivity contribution in [1.82, 2.24) is 0 Å². The molecule has 0 spiro atoms. The first-order valence-corrected chi connectivity index (χ1v) is 13.3. The van der Waals surface area contributed by atoms with Gasteiger partial charge in [0.25, 0.3) is 0 Å². The molecule has 0 aliphatic rings. The van der Waals surface area contributed by atoms with E-state index in [9.17, 15) is 0 Å². The SMILES string of the molecule is CO[Si](OC)(OC)SC(CCCS)[Si](C)(C)C. The summed E-state index contributed by atoms with van der Waals surface area (Å²) in [5.74, 6) is 0.934. The van der Waals surface area contributed by atoms with E-state index in [4.69, 9.17) is 13.3 Å². The third-order valence-corrected chi connectivity index (χ3v) is 13.9. The molecule has 0 aliphatic carbocycles. The number of thiol groups is 1. The highest BCUT2D eigenvalue weighted by Gasteiger charge is 2.45. The van der Waals surface area contributed by atoms with Crippen LogP contribution in [0.4, 0.5) is 0 Å². The third kappa shape index (κ3) is 6.13. The summed E-state index contributed by atoms with van der Waals surface area (Å²) in [7, 11) is 1.25. The normalized spacial score (nSPS) is 15.0. The van der Waals surface area contributed by atoms with Gasteiger partial charge in [-0.1, -0.05) is 30.9 Å². The van der Waals surface area contributed by atoms with E-state index in [2.05, 4.69) is 32.3 Å². The first-order valence-electron chi connectivity index (χ1n) is 5.79. The van der Waals surface area contributed by atoms with Crippen molar-refractivity contribution >= 4 is 39.9 Å². The maximum atomic E-state index is 5.50. The van der Waals surface area contributed by atoms with E-state index in [1.54, 1.807) is 32.5 Å². The molecule has 1 unspecified atom stereocenters. The smallest absolute Gasteiger partial charge is 0.369 e. The molecular weight excluding hydrogens is 288 g/mol. The Hall–Kier alpha value is 1.01. The summed E-state index contributed by atoms with van der Waals surface area (Å²) in [6.45, 7) is 7.13. The van der Waals surface area contributed by atoms with E-state index < -0.39 is 16.0 Å². The van der Waals surface area contributed by atoms with Gasteiger partial charge in [-0.15, -0.1) is 0 Å². The molecule has 0 aromatic heterocycles. The molecule has 0 aromatic carbocycles. The lowest BCUT2D eigenvalue weighted by molar-refractivity contribution is 0.152. The Balaban J connectivity index is 4.70. The maximum absolute atomic E-state index is 5.50. The Kier molecular flexibility index (Phi) is 8.73. The van der Waals surface area contributed by atoms with E-state index in [1.165, 1.54) is 0 Å². The molecule has 104 valence electrons. The van der Waals surface area contributed by atoms with Gasteiger partial charge >= 0.3 is 7.95 Å². The molecule has 0 aromatic rings. The molecule has 0 bridgehead atoms. The van der Waals surface area contributed by atoms with Crippen LogP contribution < -0.4 is 0 Å². The first-order chi connectivity index (χ1) is 7.85. The van der Waals surface area contributed by atoms with Crippen molar-refractivity contribution in [2.45, 2.75) is 37.4 Å². The van der Waals surface area contributed by atoms with E-state index in [1.807, 2.05) is 0 Å². The molecule has 7 heteroatoms. The van der Waals surface area contributed by atoms with Crippen LogP contribution in [0.25, 0.3) is 0 Å². The van der Waals surface area contributed by atoms with Gasteiger partial charge in [0.1, 0.15) is 0 Å². The van der Waals surface area contributed by atoms with E-state index >= 15 is 0 Å². The molecule has 0 rings (SSSR count). The molecule has 17 heavy (non-hydrogen) atoms. The summed E-state index contributed by atoms with van der Waals surface area (Å²) in [6.07, 6.45) is 2.29. The number of rotatable bonds is 9. The van der Waals surface area contributed by atoms with Gasteiger partial charge < -0.3 is 13.3 Å². The minimum atomic E-state index is -2.51. The Labute approximate surface area is 117 Å². The van der Waals surface area contributed by atoms with Crippen LogP contribution in [-0.4, -0.2) is 48.0 Å². The molecular formula is C10H26O3S2Si2.